The Bertz CT molecular complexity index is 1270. The summed E-state index contributed by atoms with van der Waals surface area (Å²) in [5, 5.41) is 11.5. The van der Waals surface area contributed by atoms with Crippen LogP contribution in [0.5, 0.6) is 11.5 Å². The average Bonchev–Trinajstić information content (AvgIpc) is 3.09. The first-order chi connectivity index (χ1) is 15.8. The van der Waals surface area contributed by atoms with E-state index in [0.717, 1.165) is 5.56 Å². The molecule has 1 atom stereocenters. The lowest BCUT2D eigenvalue weighted by molar-refractivity contribution is -0.132. The molecule has 6 nitrogen and oxygen atoms in total. The third kappa shape index (κ3) is 4.05. The van der Waals surface area contributed by atoms with Crippen molar-refractivity contribution in [2.24, 2.45) is 0 Å². The highest BCUT2D eigenvalue weighted by atomic mass is 35.5. The van der Waals surface area contributed by atoms with Crippen molar-refractivity contribution < 1.29 is 24.2 Å². The van der Waals surface area contributed by atoms with Crippen LogP contribution in [0.3, 0.4) is 0 Å². The van der Waals surface area contributed by atoms with Crippen LogP contribution in [0.2, 0.25) is 5.02 Å². The molecule has 0 radical (unpaired) electrons. The van der Waals surface area contributed by atoms with E-state index in [0.29, 0.717) is 22.7 Å². The number of halogens is 1. The van der Waals surface area contributed by atoms with Crippen LogP contribution in [-0.2, 0) is 9.59 Å². The van der Waals surface area contributed by atoms with Gasteiger partial charge < -0.3 is 14.6 Å². The number of aryl methyl sites for hydroxylation is 1. The Labute approximate surface area is 196 Å². The molecule has 3 aromatic carbocycles. The molecule has 7 heteroatoms. The first-order valence-electron chi connectivity index (χ1n) is 10.2. The molecule has 1 heterocycles. The summed E-state index contributed by atoms with van der Waals surface area (Å²) in [6.45, 7) is 1.92. The number of carbonyl (C=O) groups is 2. The Hall–Kier alpha value is -3.77. The predicted molar refractivity (Wildman–Crippen MR) is 127 cm³/mol. The van der Waals surface area contributed by atoms with Crippen LogP contribution in [0.1, 0.15) is 22.7 Å². The number of carbonyl (C=O) groups excluding carboxylic acids is 2. The second-order valence-corrected chi connectivity index (χ2v) is 8.03. The SMILES string of the molecule is COc1ccc(N2C(=O)C(=O)/C(=C(/O)c3cc(OC)ccc3Cl)C2c2cccc(C)c2)cc1. The molecule has 1 aliphatic heterocycles. The molecule has 1 amide bonds. The van der Waals surface area contributed by atoms with E-state index in [2.05, 4.69) is 0 Å². The minimum atomic E-state index is -0.847. The summed E-state index contributed by atoms with van der Waals surface area (Å²) in [4.78, 5) is 27.9. The minimum Gasteiger partial charge on any atom is -0.507 e. The Balaban J connectivity index is 1.96. The number of anilines is 1. The molecule has 168 valence electrons. The number of aliphatic hydroxyl groups excluding tert-OH is 1. The van der Waals surface area contributed by atoms with Crippen molar-refractivity contribution in [2.45, 2.75) is 13.0 Å². The number of rotatable bonds is 5. The predicted octanol–water partition coefficient (Wildman–Crippen LogP) is 5.29. The van der Waals surface area contributed by atoms with Gasteiger partial charge in [-0.2, -0.15) is 0 Å². The first kappa shape index (κ1) is 22.4. The first-order valence-corrected chi connectivity index (χ1v) is 10.6. The van der Waals surface area contributed by atoms with Gasteiger partial charge in [0.15, 0.2) is 0 Å². The molecule has 0 aliphatic carbocycles. The molecule has 0 aromatic heterocycles. The summed E-state index contributed by atoms with van der Waals surface area (Å²) < 4.78 is 10.5. The van der Waals surface area contributed by atoms with E-state index in [1.165, 1.54) is 18.1 Å². The highest BCUT2D eigenvalue weighted by molar-refractivity contribution is 6.52. The molecule has 0 saturated carbocycles. The molecule has 0 bridgehead atoms. The third-order valence-corrected chi connectivity index (χ3v) is 5.91. The molecule has 1 N–H and O–H groups in total. The fraction of sp³-hybridized carbons (Fsp3) is 0.154. The van der Waals surface area contributed by atoms with Crippen LogP contribution >= 0.6 is 11.6 Å². The molecule has 1 aliphatic rings. The van der Waals surface area contributed by atoms with Gasteiger partial charge in [0.25, 0.3) is 11.7 Å². The van der Waals surface area contributed by atoms with Crippen molar-refractivity contribution in [3.63, 3.8) is 0 Å². The van der Waals surface area contributed by atoms with Crippen LogP contribution in [0.25, 0.3) is 5.76 Å². The minimum absolute atomic E-state index is 0.0448. The molecular weight excluding hydrogens is 442 g/mol. The van der Waals surface area contributed by atoms with E-state index in [1.54, 1.807) is 43.5 Å². The zero-order valence-corrected chi connectivity index (χ0v) is 19.1. The molecule has 4 rings (SSSR count). The number of nitrogens with zero attached hydrogens (tertiary/aromatic N) is 1. The van der Waals surface area contributed by atoms with E-state index in [1.807, 2.05) is 31.2 Å². The molecule has 3 aromatic rings. The van der Waals surface area contributed by atoms with Gasteiger partial charge in [0.1, 0.15) is 17.3 Å². The number of ether oxygens (including phenoxy) is 2. The lowest BCUT2D eigenvalue weighted by atomic mass is 9.94. The number of amides is 1. The fourth-order valence-electron chi connectivity index (χ4n) is 3.96. The van der Waals surface area contributed by atoms with Gasteiger partial charge in [0, 0.05) is 11.3 Å². The second kappa shape index (κ2) is 9.00. The average molecular weight is 464 g/mol. The Morgan fingerprint density at radius 1 is 0.939 bits per heavy atom. The number of aliphatic hydroxyl groups is 1. The fourth-order valence-corrected chi connectivity index (χ4v) is 4.16. The van der Waals surface area contributed by atoms with Crippen LogP contribution in [0.15, 0.2) is 72.3 Å². The van der Waals surface area contributed by atoms with Crippen molar-refractivity contribution >= 4 is 34.7 Å². The summed E-state index contributed by atoms with van der Waals surface area (Å²) in [5.41, 5.74) is 2.30. The molecule has 1 unspecified atom stereocenters. The van der Waals surface area contributed by atoms with Gasteiger partial charge in [-0.1, -0.05) is 41.4 Å². The van der Waals surface area contributed by atoms with Gasteiger partial charge in [-0.25, -0.2) is 0 Å². The van der Waals surface area contributed by atoms with E-state index in [-0.39, 0.29) is 21.9 Å². The van der Waals surface area contributed by atoms with Crippen molar-refractivity contribution in [1.82, 2.24) is 0 Å². The highest BCUT2D eigenvalue weighted by Gasteiger charge is 2.47. The topological polar surface area (TPSA) is 76.1 Å². The summed E-state index contributed by atoms with van der Waals surface area (Å²) >= 11 is 6.34. The van der Waals surface area contributed by atoms with Crippen molar-refractivity contribution in [1.29, 1.82) is 0 Å². The molecule has 1 saturated heterocycles. The summed E-state index contributed by atoms with van der Waals surface area (Å²) in [6, 6.07) is 18.2. The quantitative estimate of drug-likeness (QED) is 0.316. The highest BCUT2D eigenvalue weighted by Crippen LogP contribution is 2.43. The van der Waals surface area contributed by atoms with Gasteiger partial charge in [-0.3, -0.25) is 14.5 Å². The number of Topliss-reactive ketones (excluding diaryl/α,β-unsaturated/α-hetero) is 1. The zero-order chi connectivity index (χ0) is 23.7. The van der Waals surface area contributed by atoms with Gasteiger partial charge in [-0.05, 0) is 55.0 Å². The molecule has 0 spiro atoms. The van der Waals surface area contributed by atoms with Gasteiger partial charge in [-0.15, -0.1) is 0 Å². The Kier molecular flexibility index (Phi) is 6.11. The van der Waals surface area contributed by atoms with Crippen LogP contribution in [0.4, 0.5) is 5.69 Å². The third-order valence-electron chi connectivity index (χ3n) is 5.58. The Morgan fingerprint density at radius 3 is 2.24 bits per heavy atom. The van der Waals surface area contributed by atoms with Crippen LogP contribution in [-0.4, -0.2) is 31.0 Å². The Morgan fingerprint density at radius 2 is 1.61 bits per heavy atom. The van der Waals surface area contributed by atoms with Crippen molar-refractivity contribution in [3.8, 4) is 11.5 Å². The maximum atomic E-state index is 13.3. The summed E-state index contributed by atoms with van der Waals surface area (Å²) in [7, 11) is 3.04. The lowest BCUT2D eigenvalue weighted by Gasteiger charge is -2.26. The maximum Gasteiger partial charge on any atom is 0.300 e. The summed E-state index contributed by atoms with van der Waals surface area (Å²) in [6.07, 6.45) is 0. The standard InChI is InChI=1S/C26H22ClNO5/c1-15-5-4-6-16(13-15)23-22(24(29)20-14-19(33-3)11-12-21(20)27)25(30)26(31)28(23)17-7-9-18(32-2)10-8-17/h4-14,23,29H,1-3H3/b24-22+. The lowest BCUT2D eigenvalue weighted by Crippen LogP contribution is -2.29. The van der Waals surface area contributed by atoms with E-state index < -0.39 is 17.7 Å². The number of methoxy groups -OCH3 is 2. The smallest absolute Gasteiger partial charge is 0.300 e. The molecular formula is C26H22ClNO5. The van der Waals surface area contributed by atoms with Crippen molar-refractivity contribution in [3.05, 3.63) is 94.0 Å². The zero-order valence-electron chi connectivity index (χ0n) is 18.3. The second-order valence-electron chi connectivity index (χ2n) is 7.63. The van der Waals surface area contributed by atoms with E-state index in [4.69, 9.17) is 21.1 Å². The normalized spacial score (nSPS) is 17.3. The van der Waals surface area contributed by atoms with Gasteiger partial charge >= 0.3 is 0 Å². The number of benzene rings is 3. The van der Waals surface area contributed by atoms with Crippen LogP contribution in [0, 0.1) is 6.92 Å². The van der Waals surface area contributed by atoms with Gasteiger partial charge in [0.2, 0.25) is 0 Å². The number of ketones is 1. The van der Waals surface area contributed by atoms with E-state index >= 15 is 0 Å². The molecule has 33 heavy (non-hydrogen) atoms. The maximum absolute atomic E-state index is 13.3. The van der Waals surface area contributed by atoms with Crippen molar-refractivity contribution in [2.75, 3.05) is 19.1 Å². The van der Waals surface area contributed by atoms with E-state index in [9.17, 15) is 14.7 Å². The molecule has 1 fully saturated rings. The largest absolute Gasteiger partial charge is 0.507 e. The monoisotopic (exact) mass is 463 g/mol. The number of hydrogen-bond acceptors (Lipinski definition) is 5. The number of hydrogen-bond donors (Lipinski definition) is 1. The van der Waals surface area contributed by atoms with Crippen LogP contribution < -0.4 is 14.4 Å². The summed E-state index contributed by atoms with van der Waals surface area (Å²) in [5.74, 6) is -0.830. The van der Waals surface area contributed by atoms with Gasteiger partial charge in [0.05, 0.1) is 30.9 Å².